The van der Waals surface area contributed by atoms with E-state index in [-0.39, 0.29) is 6.04 Å². The van der Waals surface area contributed by atoms with Crippen molar-refractivity contribution in [3.05, 3.63) is 29.3 Å². The van der Waals surface area contributed by atoms with Crippen molar-refractivity contribution in [1.82, 2.24) is 10.2 Å². The van der Waals surface area contributed by atoms with Crippen LogP contribution in [0.3, 0.4) is 0 Å². The van der Waals surface area contributed by atoms with Gasteiger partial charge in [-0.2, -0.15) is 0 Å². The first-order valence-electron chi connectivity index (χ1n) is 7.75. The highest BCUT2D eigenvalue weighted by Crippen LogP contribution is 2.28. The van der Waals surface area contributed by atoms with Gasteiger partial charge in [0, 0.05) is 44.5 Å². The predicted octanol–water partition coefficient (Wildman–Crippen LogP) is 1.37. The van der Waals surface area contributed by atoms with Crippen molar-refractivity contribution in [2.45, 2.75) is 31.9 Å². The third-order valence-corrected chi connectivity index (χ3v) is 4.60. The summed E-state index contributed by atoms with van der Waals surface area (Å²) in [6, 6.07) is 6.57. The second-order valence-corrected chi connectivity index (χ2v) is 5.92. The molecule has 3 N–H and O–H groups in total. The summed E-state index contributed by atoms with van der Waals surface area (Å²) >= 11 is 0. The van der Waals surface area contributed by atoms with Crippen LogP contribution in [0.1, 0.15) is 30.6 Å². The molecule has 2 unspecified atom stereocenters. The standard InChI is InChI=1S/C16H25N3O/c1-12(19-9-7-17-8-10-19)16(20)14-5-4-13-3-2-6-18-15(13)11-14/h4-5,11-12,16-18,20H,2-3,6-10H2,1H3. The summed E-state index contributed by atoms with van der Waals surface area (Å²) in [5, 5.41) is 17.5. The number of hydrogen-bond donors (Lipinski definition) is 3. The molecular formula is C16H25N3O. The largest absolute Gasteiger partial charge is 0.387 e. The molecule has 0 bridgehead atoms. The van der Waals surface area contributed by atoms with Crippen LogP contribution < -0.4 is 10.6 Å². The molecule has 2 aliphatic heterocycles. The molecule has 4 heteroatoms. The van der Waals surface area contributed by atoms with Gasteiger partial charge in [-0.05, 0) is 37.0 Å². The van der Waals surface area contributed by atoms with Gasteiger partial charge in [0.05, 0.1) is 6.10 Å². The number of aliphatic hydroxyl groups is 1. The molecule has 1 aromatic carbocycles. The van der Waals surface area contributed by atoms with E-state index in [2.05, 4.69) is 40.7 Å². The number of aryl methyl sites for hydroxylation is 1. The molecule has 2 heterocycles. The van der Waals surface area contributed by atoms with Crippen LogP contribution in [-0.4, -0.2) is 48.8 Å². The van der Waals surface area contributed by atoms with Gasteiger partial charge in [-0.25, -0.2) is 0 Å². The maximum absolute atomic E-state index is 10.7. The van der Waals surface area contributed by atoms with Crippen LogP contribution in [-0.2, 0) is 6.42 Å². The average molecular weight is 275 g/mol. The van der Waals surface area contributed by atoms with E-state index < -0.39 is 6.10 Å². The Balaban J connectivity index is 1.74. The Hall–Kier alpha value is -1.10. The van der Waals surface area contributed by atoms with E-state index in [1.54, 1.807) is 0 Å². The maximum atomic E-state index is 10.7. The molecule has 20 heavy (non-hydrogen) atoms. The summed E-state index contributed by atoms with van der Waals surface area (Å²) in [6.45, 7) is 7.23. The number of rotatable bonds is 3. The lowest BCUT2D eigenvalue weighted by molar-refractivity contribution is 0.0510. The maximum Gasteiger partial charge on any atom is 0.0943 e. The molecule has 0 amide bonds. The van der Waals surface area contributed by atoms with Gasteiger partial charge in [-0.3, -0.25) is 4.90 Å². The number of aliphatic hydroxyl groups excluding tert-OH is 1. The van der Waals surface area contributed by atoms with Gasteiger partial charge in [0.1, 0.15) is 0 Å². The highest BCUT2D eigenvalue weighted by molar-refractivity contribution is 5.55. The molecule has 1 saturated heterocycles. The molecule has 0 aromatic heterocycles. The first kappa shape index (κ1) is 13.9. The fourth-order valence-electron chi connectivity index (χ4n) is 3.23. The zero-order valence-electron chi connectivity index (χ0n) is 12.2. The Morgan fingerprint density at radius 2 is 2.00 bits per heavy atom. The average Bonchev–Trinajstić information content (AvgIpc) is 2.54. The number of anilines is 1. The highest BCUT2D eigenvalue weighted by Gasteiger charge is 2.25. The summed E-state index contributed by atoms with van der Waals surface area (Å²) in [5.41, 5.74) is 3.62. The molecule has 1 aromatic rings. The Bertz CT molecular complexity index is 457. The van der Waals surface area contributed by atoms with E-state index in [1.807, 2.05) is 0 Å². The third kappa shape index (κ3) is 2.82. The quantitative estimate of drug-likeness (QED) is 0.780. The van der Waals surface area contributed by atoms with Crippen molar-refractivity contribution < 1.29 is 5.11 Å². The van der Waals surface area contributed by atoms with E-state index in [0.717, 1.165) is 44.7 Å². The lowest BCUT2D eigenvalue weighted by Crippen LogP contribution is -2.49. The van der Waals surface area contributed by atoms with Gasteiger partial charge >= 0.3 is 0 Å². The fourth-order valence-corrected chi connectivity index (χ4v) is 3.23. The Morgan fingerprint density at radius 3 is 2.80 bits per heavy atom. The van der Waals surface area contributed by atoms with Gasteiger partial charge < -0.3 is 15.7 Å². The lowest BCUT2D eigenvalue weighted by atomic mass is 9.96. The molecule has 2 atom stereocenters. The van der Waals surface area contributed by atoms with Crippen LogP contribution >= 0.6 is 0 Å². The van der Waals surface area contributed by atoms with Crippen LogP contribution in [0, 0.1) is 0 Å². The number of piperazine rings is 1. The highest BCUT2D eigenvalue weighted by atomic mass is 16.3. The summed E-state index contributed by atoms with van der Waals surface area (Å²) < 4.78 is 0. The number of nitrogens with zero attached hydrogens (tertiary/aromatic N) is 1. The molecule has 2 aliphatic rings. The van der Waals surface area contributed by atoms with E-state index in [1.165, 1.54) is 17.7 Å². The molecule has 3 rings (SSSR count). The van der Waals surface area contributed by atoms with Crippen molar-refractivity contribution in [2.75, 3.05) is 38.0 Å². The normalized spacial score (nSPS) is 22.7. The van der Waals surface area contributed by atoms with Crippen molar-refractivity contribution >= 4 is 5.69 Å². The number of benzene rings is 1. The van der Waals surface area contributed by atoms with Gasteiger partial charge in [0.25, 0.3) is 0 Å². The van der Waals surface area contributed by atoms with Crippen molar-refractivity contribution in [1.29, 1.82) is 0 Å². The minimum absolute atomic E-state index is 0.166. The van der Waals surface area contributed by atoms with E-state index in [4.69, 9.17) is 0 Å². The van der Waals surface area contributed by atoms with Crippen LogP contribution in [0.25, 0.3) is 0 Å². The second-order valence-electron chi connectivity index (χ2n) is 5.92. The molecule has 0 spiro atoms. The first-order valence-corrected chi connectivity index (χ1v) is 7.75. The minimum atomic E-state index is -0.415. The van der Waals surface area contributed by atoms with Gasteiger partial charge in [0.15, 0.2) is 0 Å². The second kappa shape index (κ2) is 6.12. The summed E-state index contributed by atoms with van der Waals surface area (Å²) in [7, 11) is 0. The van der Waals surface area contributed by atoms with Crippen LogP contribution in [0.15, 0.2) is 18.2 Å². The number of fused-ring (bicyclic) bond motifs is 1. The Morgan fingerprint density at radius 1 is 1.20 bits per heavy atom. The molecule has 0 aliphatic carbocycles. The molecule has 1 fully saturated rings. The zero-order valence-corrected chi connectivity index (χ0v) is 12.2. The van der Waals surface area contributed by atoms with Gasteiger partial charge in [-0.1, -0.05) is 12.1 Å². The van der Waals surface area contributed by atoms with Gasteiger partial charge in [-0.15, -0.1) is 0 Å². The summed E-state index contributed by atoms with van der Waals surface area (Å²) in [6.07, 6.45) is 1.93. The third-order valence-electron chi connectivity index (χ3n) is 4.60. The van der Waals surface area contributed by atoms with E-state index in [0.29, 0.717) is 0 Å². The number of hydrogen-bond acceptors (Lipinski definition) is 4. The van der Waals surface area contributed by atoms with Crippen molar-refractivity contribution in [3.8, 4) is 0 Å². The Kier molecular flexibility index (Phi) is 4.24. The lowest BCUT2D eigenvalue weighted by Gasteiger charge is -2.35. The Labute approximate surface area is 121 Å². The van der Waals surface area contributed by atoms with Crippen molar-refractivity contribution in [3.63, 3.8) is 0 Å². The molecular weight excluding hydrogens is 250 g/mol. The number of nitrogens with one attached hydrogen (secondary N) is 2. The van der Waals surface area contributed by atoms with Crippen LogP contribution in [0.2, 0.25) is 0 Å². The molecule has 0 saturated carbocycles. The molecule has 110 valence electrons. The van der Waals surface area contributed by atoms with E-state index in [9.17, 15) is 5.11 Å². The fraction of sp³-hybridized carbons (Fsp3) is 0.625. The van der Waals surface area contributed by atoms with E-state index >= 15 is 0 Å². The zero-order chi connectivity index (χ0) is 13.9. The predicted molar refractivity (Wildman–Crippen MR) is 82.1 cm³/mol. The summed E-state index contributed by atoms with van der Waals surface area (Å²) in [4.78, 5) is 2.37. The first-order chi connectivity index (χ1) is 9.75. The molecule has 0 radical (unpaired) electrons. The van der Waals surface area contributed by atoms with Crippen LogP contribution in [0.5, 0.6) is 0 Å². The topological polar surface area (TPSA) is 47.5 Å². The minimum Gasteiger partial charge on any atom is -0.387 e. The van der Waals surface area contributed by atoms with Crippen LogP contribution in [0.4, 0.5) is 5.69 Å². The summed E-state index contributed by atoms with van der Waals surface area (Å²) in [5.74, 6) is 0. The smallest absolute Gasteiger partial charge is 0.0943 e. The monoisotopic (exact) mass is 275 g/mol. The van der Waals surface area contributed by atoms with Crippen molar-refractivity contribution in [2.24, 2.45) is 0 Å². The van der Waals surface area contributed by atoms with Gasteiger partial charge in [0.2, 0.25) is 0 Å². The SMILES string of the molecule is CC(C(O)c1ccc2c(c1)NCCC2)N1CCNCC1. The molecule has 4 nitrogen and oxygen atoms in total.